The second-order valence-electron chi connectivity index (χ2n) is 10.5. The molecular formula is C23H32FN9O3. The summed E-state index contributed by atoms with van der Waals surface area (Å²) in [6, 6.07) is 2.56. The third-order valence-corrected chi connectivity index (χ3v) is 6.19. The fourth-order valence-electron chi connectivity index (χ4n) is 5.03. The molecule has 2 amide bonds. The van der Waals surface area contributed by atoms with Gasteiger partial charge in [0.25, 0.3) is 0 Å². The van der Waals surface area contributed by atoms with Crippen LogP contribution < -0.4 is 32.0 Å². The number of hydrazine groups is 3. The van der Waals surface area contributed by atoms with Crippen molar-refractivity contribution < 1.29 is 19.1 Å². The highest BCUT2D eigenvalue weighted by atomic mass is 19.1. The number of urea groups is 1. The zero-order valence-corrected chi connectivity index (χ0v) is 21.2. The Morgan fingerprint density at radius 3 is 2.44 bits per heavy atom. The number of amides is 2. The summed E-state index contributed by atoms with van der Waals surface area (Å²) in [7, 11) is 1.52. The molecule has 6 N–H and O–H groups in total. The third-order valence-electron chi connectivity index (χ3n) is 6.19. The van der Waals surface area contributed by atoms with Gasteiger partial charge in [0.05, 0.1) is 17.4 Å². The highest BCUT2D eigenvalue weighted by molar-refractivity contribution is 5.98. The Kier molecular flexibility index (Phi) is 6.49. The SMILES string of the molecule is Cc1c(C(=O)O)cc(Nc2ncc(F)c(NC3CC(C)(C)NC(C)(C)C3)n2)cc1N1NNN(C)C1=O. The van der Waals surface area contributed by atoms with E-state index in [0.29, 0.717) is 16.9 Å². The number of nitrogens with one attached hydrogen (secondary N) is 5. The standard InChI is InChI=1S/C23H32FN9O3/c1-12-15(19(34)35)7-13(8-17(12)33-21(36)32(6)30-31-33)27-20-25-11-16(24)18(28-20)26-14-9-22(2,3)29-23(4,5)10-14/h7-8,11,14,29-31H,9-10H2,1-6H3,(H,34,35)(H2,25,26,27,28). The minimum atomic E-state index is -1.16. The Morgan fingerprint density at radius 1 is 1.19 bits per heavy atom. The van der Waals surface area contributed by atoms with E-state index in [1.54, 1.807) is 13.0 Å². The summed E-state index contributed by atoms with van der Waals surface area (Å²) in [6.07, 6.45) is 2.60. The van der Waals surface area contributed by atoms with Crippen molar-refractivity contribution in [1.29, 1.82) is 0 Å². The fraction of sp³-hybridized carbons (Fsp3) is 0.478. The van der Waals surface area contributed by atoms with Crippen molar-refractivity contribution >= 4 is 35.1 Å². The molecule has 2 saturated heterocycles. The largest absolute Gasteiger partial charge is 0.478 e. The molecular weight excluding hydrogens is 469 g/mol. The lowest BCUT2D eigenvalue weighted by molar-refractivity contribution is 0.0696. The van der Waals surface area contributed by atoms with E-state index in [-0.39, 0.29) is 34.4 Å². The molecule has 0 unspecified atom stereocenters. The van der Waals surface area contributed by atoms with Crippen LogP contribution in [0.15, 0.2) is 18.3 Å². The van der Waals surface area contributed by atoms with Crippen LogP contribution in [-0.4, -0.2) is 56.3 Å². The number of nitrogens with zero attached hydrogens (tertiary/aromatic N) is 4. The topological polar surface area (TPSA) is 147 Å². The van der Waals surface area contributed by atoms with Gasteiger partial charge >= 0.3 is 12.0 Å². The minimum absolute atomic E-state index is 0.0150. The Hall–Kier alpha value is -3.55. The molecule has 2 aliphatic rings. The molecule has 36 heavy (non-hydrogen) atoms. The number of benzene rings is 1. The van der Waals surface area contributed by atoms with Crippen molar-refractivity contribution in [3.05, 3.63) is 35.3 Å². The number of rotatable bonds is 6. The number of hydrogen-bond acceptors (Lipinski definition) is 9. The maximum absolute atomic E-state index is 14.6. The van der Waals surface area contributed by atoms with Crippen LogP contribution in [0.2, 0.25) is 0 Å². The molecule has 1 aromatic heterocycles. The minimum Gasteiger partial charge on any atom is -0.478 e. The summed E-state index contributed by atoms with van der Waals surface area (Å²) in [5.41, 5.74) is 6.05. The van der Waals surface area contributed by atoms with E-state index in [9.17, 15) is 19.1 Å². The second-order valence-corrected chi connectivity index (χ2v) is 10.5. The van der Waals surface area contributed by atoms with E-state index in [0.717, 1.165) is 19.0 Å². The molecule has 12 nitrogen and oxygen atoms in total. The average Bonchev–Trinajstić information content (AvgIpc) is 3.07. The number of piperidine rings is 1. The maximum atomic E-state index is 14.6. The van der Waals surface area contributed by atoms with Crippen molar-refractivity contribution in [1.82, 2.24) is 31.4 Å². The molecule has 2 aliphatic heterocycles. The van der Waals surface area contributed by atoms with Crippen LogP contribution in [0.4, 0.5) is 32.3 Å². The molecule has 13 heteroatoms. The van der Waals surface area contributed by atoms with E-state index in [2.05, 4.69) is 64.7 Å². The van der Waals surface area contributed by atoms with Crippen LogP contribution in [0.1, 0.15) is 56.5 Å². The van der Waals surface area contributed by atoms with E-state index in [1.807, 2.05) is 0 Å². The second kappa shape index (κ2) is 9.15. The summed E-state index contributed by atoms with van der Waals surface area (Å²) in [4.78, 5) is 32.7. The summed E-state index contributed by atoms with van der Waals surface area (Å²) < 4.78 is 14.6. The Morgan fingerprint density at radius 2 is 1.86 bits per heavy atom. The summed E-state index contributed by atoms with van der Waals surface area (Å²) in [5, 5.41) is 21.9. The summed E-state index contributed by atoms with van der Waals surface area (Å²) >= 11 is 0. The number of carboxylic acids is 1. The number of halogens is 1. The quantitative estimate of drug-likeness (QED) is 0.349. The van der Waals surface area contributed by atoms with Crippen molar-refractivity contribution in [2.75, 3.05) is 22.7 Å². The molecule has 194 valence electrons. The maximum Gasteiger partial charge on any atom is 0.355 e. The van der Waals surface area contributed by atoms with Gasteiger partial charge in [0.2, 0.25) is 5.95 Å². The van der Waals surface area contributed by atoms with Gasteiger partial charge in [0.1, 0.15) is 0 Å². The summed E-state index contributed by atoms with van der Waals surface area (Å²) in [6.45, 7) is 10.0. The molecule has 0 aliphatic carbocycles. The molecule has 0 atom stereocenters. The molecule has 0 saturated carbocycles. The normalized spacial score (nSPS) is 19.5. The van der Waals surface area contributed by atoms with E-state index < -0.39 is 17.8 Å². The van der Waals surface area contributed by atoms with Gasteiger partial charge in [-0.3, -0.25) is 0 Å². The highest BCUT2D eigenvalue weighted by Crippen LogP contribution is 2.32. The predicted molar refractivity (Wildman–Crippen MR) is 133 cm³/mol. The van der Waals surface area contributed by atoms with Gasteiger partial charge in [0, 0.05) is 29.9 Å². The van der Waals surface area contributed by atoms with Crippen LogP contribution in [0, 0.1) is 12.7 Å². The van der Waals surface area contributed by atoms with Crippen LogP contribution in [-0.2, 0) is 0 Å². The van der Waals surface area contributed by atoms with Gasteiger partial charge in [-0.15, -0.1) is 11.1 Å². The predicted octanol–water partition coefficient (Wildman–Crippen LogP) is 2.88. The van der Waals surface area contributed by atoms with Gasteiger partial charge in [-0.2, -0.15) is 4.98 Å². The first-order valence-electron chi connectivity index (χ1n) is 11.6. The number of aromatic carboxylic acids is 1. The lowest BCUT2D eigenvalue weighted by Crippen LogP contribution is -2.60. The zero-order chi connectivity index (χ0) is 26.4. The molecule has 2 aromatic rings. The van der Waals surface area contributed by atoms with Crippen LogP contribution in [0.5, 0.6) is 0 Å². The number of hydrogen-bond donors (Lipinski definition) is 6. The summed E-state index contributed by atoms with van der Waals surface area (Å²) in [5.74, 6) is -1.62. The molecule has 2 fully saturated rings. The van der Waals surface area contributed by atoms with E-state index in [4.69, 9.17) is 0 Å². The Labute approximate surface area is 208 Å². The Bertz CT molecular complexity index is 1190. The van der Waals surface area contributed by atoms with Gasteiger partial charge in [0.15, 0.2) is 11.6 Å². The van der Waals surface area contributed by atoms with Crippen LogP contribution in [0.3, 0.4) is 0 Å². The van der Waals surface area contributed by atoms with Gasteiger partial charge in [-0.05, 0) is 65.2 Å². The van der Waals surface area contributed by atoms with Crippen LogP contribution in [0.25, 0.3) is 0 Å². The van der Waals surface area contributed by atoms with Crippen molar-refractivity contribution in [2.24, 2.45) is 0 Å². The first kappa shape index (κ1) is 25.5. The molecule has 3 heterocycles. The highest BCUT2D eigenvalue weighted by Gasteiger charge is 2.38. The fourth-order valence-corrected chi connectivity index (χ4v) is 5.03. The van der Waals surface area contributed by atoms with Crippen molar-refractivity contribution in [3.8, 4) is 0 Å². The van der Waals surface area contributed by atoms with Crippen molar-refractivity contribution in [3.63, 3.8) is 0 Å². The van der Waals surface area contributed by atoms with Gasteiger partial charge < -0.3 is 21.1 Å². The smallest absolute Gasteiger partial charge is 0.355 e. The first-order valence-corrected chi connectivity index (χ1v) is 11.6. The lowest BCUT2D eigenvalue weighted by Gasteiger charge is -2.46. The van der Waals surface area contributed by atoms with E-state index >= 15 is 0 Å². The van der Waals surface area contributed by atoms with Crippen molar-refractivity contribution in [2.45, 2.75) is 64.6 Å². The monoisotopic (exact) mass is 501 g/mol. The molecule has 0 bridgehead atoms. The van der Waals surface area contributed by atoms with E-state index in [1.165, 1.54) is 23.1 Å². The average molecular weight is 502 g/mol. The number of anilines is 4. The Balaban J connectivity index is 1.62. The number of aromatic nitrogens is 2. The van der Waals surface area contributed by atoms with Gasteiger partial charge in [-0.25, -0.2) is 29.0 Å². The molecule has 0 radical (unpaired) electrons. The number of carboxylic acid groups (broad SMARTS) is 1. The molecule has 4 rings (SSSR count). The molecule has 1 aromatic carbocycles. The number of carbonyl (C=O) groups excluding carboxylic acids is 1. The zero-order valence-electron chi connectivity index (χ0n) is 21.2. The van der Waals surface area contributed by atoms with Crippen LogP contribution >= 0.6 is 0 Å². The van der Waals surface area contributed by atoms with Gasteiger partial charge in [-0.1, -0.05) is 0 Å². The number of carbonyl (C=O) groups is 2. The lowest BCUT2D eigenvalue weighted by atomic mass is 9.79. The molecule has 0 spiro atoms. The third kappa shape index (κ3) is 5.32. The first-order chi connectivity index (χ1) is 16.7.